The number of hydrogen-bond donors (Lipinski definition) is 1. The Kier molecular flexibility index (Phi) is 8.81. The quantitative estimate of drug-likeness (QED) is 0.173. The van der Waals surface area contributed by atoms with Gasteiger partial charge in [-0.1, -0.05) is 24.3 Å². The number of nitrogens with zero attached hydrogens (tertiary/aromatic N) is 1. The second kappa shape index (κ2) is 12.3. The fourth-order valence-electron chi connectivity index (χ4n) is 4.52. The van der Waals surface area contributed by atoms with Gasteiger partial charge in [-0.15, -0.1) is 0 Å². The predicted octanol–water partition coefficient (Wildman–Crippen LogP) is 6.55. The summed E-state index contributed by atoms with van der Waals surface area (Å²) in [4.78, 5) is 13.4. The minimum Gasteiger partial charge on any atom is -0.497 e. The molecule has 1 N–H and O–H groups in total. The molecule has 0 atom stereocenters. The van der Waals surface area contributed by atoms with Gasteiger partial charge < -0.3 is 24.1 Å². The van der Waals surface area contributed by atoms with Crippen molar-refractivity contribution in [2.75, 3.05) is 33.9 Å². The number of carbonyl (C=O) groups excluding carboxylic acids is 1. The first kappa shape index (κ1) is 28.0. The molecule has 0 aliphatic heterocycles. The summed E-state index contributed by atoms with van der Waals surface area (Å²) in [5, 5.41) is 3.80. The zero-order valence-corrected chi connectivity index (χ0v) is 22.1. The zero-order valence-electron chi connectivity index (χ0n) is 22.1. The first-order valence-electron chi connectivity index (χ1n) is 12.7. The molecule has 0 aliphatic carbocycles. The molecule has 0 bridgehead atoms. The maximum atomic E-state index is 13.4. The van der Waals surface area contributed by atoms with Crippen molar-refractivity contribution in [1.29, 1.82) is 0 Å². The average Bonchev–Trinajstić information content (AvgIpc) is 3.24. The lowest BCUT2D eigenvalue weighted by molar-refractivity contribution is -0.137. The second-order valence-electron chi connectivity index (χ2n) is 8.94. The number of methoxy groups -OCH3 is 1. The van der Waals surface area contributed by atoms with E-state index in [2.05, 4.69) is 5.32 Å². The van der Waals surface area contributed by atoms with Crippen molar-refractivity contribution in [2.45, 2.75) is 26.1 Å². The van der Waals surface area contributed by atoms with Crippen LogP contribution in [-0.2, 0) is 17.5 Å². The van der Waals surface area contributed by atoms with Crippen LogP contribution in [-0.4, -0.2) is 44.5 Å². The van der Waals surface area contributed by atoms with Crippen LogP contribution in [0.15, 0.2) is 66.7 Å². The Morgan fingerprint density at radius 2 is 1.74 bits per heavy atom. The van der Waals surface area contributed by atoms with Crippen LogP contribution in [0.1, 0.15) is 35.0 Å². The SMILES string of the molecule is CCOC(=O)c1c(-c2ccc(OC)cc2)c2cc(OCCCNC)ccc2n1Cc1cccc(C(F)(F)F)c1. The van der Waals surface area contributed by atoms with Crippen LogP contribution >= 0.6 is 0 Å². The molecule has 4 aromatic rings. The van der Waals surface area contributed by atoms with Crippen molar-refractivity contribution in [3.63, 3.8) is 0 Å². The molecular weight excluding hydrogens is 509 g/mol. The third-order valence-electron chi connectivity index (χ3n) is 6.32. The molecule has 0 saturated heterocycles. The lowest BCUT2D eigenvalue weighted by Crippen LogP contribution is -2.14. The Morgan fingerprint density at radius 3 is 2.41 bits per heavy atom. The fourth-order valence-corrected chi connectivity index (χ4v) is 4.52. The first-order valence-corrected chi connectivity index (χ1v) is 12.7. The third kappa shape index (κ3) is 6.37. The highest BCUT2D eigenvalue weighted by Gasteiger charge is 2.31. The van der Waals surface area contributed by atoms with Gasteiger partial charge in [0, 0.05) is 23.0 Å². The van der Waals surface area contributed by atoms with Crippen LogP contribution in [0, 0.1) is 0 Å². The van der Waals surface area contributed by atoms with Gasteiger partial charge in [-0.2, -0.15) is 13.2 Å². The molecule has 0 spiro atoms. The molecule has 0 radical (unpaired) electrons. The smallest absolute Gasteiger partial charge is 0.416 e. The Labute approximate surface area is 225 Å². The molecule has 9 heteroatoms. The van der Waals surface area contributed by atoms with Crippen LogP contribution in [0.4, 0.5) is 13.2 Å². The van der Waals surface area contributed by atoms with Gasteiger partial charge in [0.05, 0.1) is 25.9 Å². The number of hydrogen-bond acceptors (Lipinski definition) is 5. The maximum absolute atomic E-state index is 13.4. The number of aromatic nitrogens is 1. The van der Waals surface area contributed by atoms with Crippen LogP contribution < -0.4 is 14.8 Å². The summed E-state index contributed by atoms with van der Waals surface area (Å²) in [6, 6.07) is 17.9. The van der Waals surface area contributed by atoms with Crippen molar-refractivity contribution in [3.8, 4) is 22.6 Å². The summed E-state index contributed by atoms with van der Waals surface area (Å²) >= 11 is 0. The topological polar surface area (TPSA) is 61.7 Å². The number of nitrogens with one attached hydrogen (secondary N) is 1. The van der Waals surface area contributed by atoms with E-state index < -0.39 is 17.7 Å². The number of benzene rings is 3. The fraction of sp³-hybridized carbons (Fsp3) is 0.300. The largest absolute Gasteiger partial charge is 0.497 e. The predicted molar refractivity (Wildman–Crippen MR) is 144 cm³/mol. The summed E-state index contributed by atoms with van der Waals surface area (Å²) in [6.07, 6.45) is -3.67. The molecule has 0 unspecified atom stereocenters. The number of carbonyl (C=O) groups is 1. The van der Waals surface area contributed by atoms with Crippen molar-refractivity contribution in [2.24, 2.45) is 0 Å². The Hall–Kier alpha value is -3.98. The minimum absolute atomic E-state index is 0.0348. The minimum atomic E-state index is -4.48. The van der Waals surface area contributed by atoms with Crippen molar-refractivity contribution in [3.05, 3.63) is 83.6 Å². The van der Waals surface area contributed by atoms with Crippen molar-refractivity contribution < 1.29 is 32.2 Å². The van der Waals surface area contributed by atoms with E-state index in [1.807, 2.05) is 31.3 Å². The summed E-state index contributed by atoms with van der Waals surface area (Å²) in [6.45, 7) is 3.19. The van der Waals surface area contributed by atoms with E-state index in [1.54, 1.807) is 42.9 Å². The van der Waals surface area contributed by atoms with Gasteiger partial charge in [0.2, 0.25) is 0 Å². The number of fused-ring (bicyclic) bond motifs is 1. The molecule has 3 aromatic carbocycles. The lowest BCUT2D eigenvalue weighted by atomic mass is 10.0. The summed E-state index contributed by atoms with van der Waals surface area (Å²) < 4.78 is 58.7. The van der Waals surface area contributed by atoms with E-state index in [9.17, 15) is 18.0 Å². The Bertz CT molecular complexity index is 1430. The van der Waals surface area contributed by atoms with Crippen LogP contribution in [0.25, 0.3) is 22.0 Å². The van der Waals surface area contributed by atoms with Crippen LogP contribution in [0.5, 0.6) is 11.5 Å². The average molecular weight is 541 g/mol. The highest BCUT2D eigenvalue weighted by Crippen LogP contribution is 2.39. The van der Waals surface area contributed by atoms with Gasteiger partial charge in [0.15, 0.2) is 0 Å². The molecule has 0 fully saturated rings. The maximum Gasteiger partial charge on any atom is 0.416 e. The molecule has 0 amide bonds. The van der Waals surface area contributed by atoms with Gasteiger partial charge in [-0.3, -0.25) is 0 Å². The molecule has 6 nitrogen and oxygen atoms in total. The van der Waals surface area contributed by atoms with Gasteiger partial charge in [-0.05, 0) is 80.5 Å². The van der Waals surface area contributed by atoms with Gasteiger partial charge in [0.25, 0.3) is 0 Å². The number of alkyl halides is 3. The molecule has 1 heterocycles. The monoisotopic (exact) mass is 540 g/mol. The van der Waals surface area contributed by atoms with E-state index in [0.29, 0.717) is 34.7 Å². The van der Waals surface area contributed by atoms with Gasteiger partial charge >= 0.3 is 12.1 Å². The van der Waals surface area contributed by atoms with Crippen molar-refractivity contribution in [1.82, 2.24) is 9.88 Å². The summed E-state index contributed by atoms with van der Waals surface area (Å²) in [5.41, 5.74) is 1.92. The van der Waals surface area contributed by atoms with E-state index >= 15 is 0 Å². The molecule has 4 rings (SSSR count). The van der Waals surface area contributed by atoms with E-state index in [4.69, 9.17) is 14.2 Å². The Morgan fingerprint density at radius 1 is 1.00 bits per heavy atom. The van der Waals surface area contributed by atoms with E-state index in [0.717, 1.165) is 36.0 Å². The summed E-state index contributed by atoms with van der Waals surface area (Å²) in [7, 11) is 3.44. The number of rotatable bonds is 11. The molecule has 0 saturated carbocycles. The van der Waals surface area contributed by atoms with E-state index in [-0.39, 0.29) is 18.8 Å². The normalized spacial score (nSPS) is 11.5. The number of halogens is 3. The number of esters is 1. The molecule has 206 valence electrons. The lowest BCUT2D eigenvalue weighted by Gasteiger charge is -2.14. The van der Waals surface area contributed by atoms with Gasteiger partial charge in [-0.25, -0.2) is 4.79 Å². The Balaban J connectivity index is 1.92. The standard InChI is InChI=1S/C30H31F3N2O4/c1-4-38-29(36)28-27(21-9-11-23(37-3)12-10-21)25-18-24(39-16-6-15-34-2)13-14-26(25)35(28)19-20-7-5-8-22(17-20)30(31,32)33/h5,7-14,17-18,34H,4,6,15-16,19H2,1-3H3. The molecule has 1 aromatic heterocycles. The molecule has 39 heavy (non-hydrogen) atoms. The first-order chi connectivity index (χ1) is 18.8. The van der Waals surface area contributed by atoms with Crippen LogP contribution in [0.3, 0.4) is 0 Å². The van der Waals surface area contributed by atoms with Crippen molar-refractivity contribution >= 4 is 16.9 Å². The van der Waals surface area contributed by atoms with Gasteiger partial charge in [0.1, 0.15) is 17.2 Å². The van der Waals surface area contributed by atoms with Crippen LogP contribution in [0.2, 0.25) is 0 Å². The summed E-state index contributed by atoms with van der Waals surface area (Å²) in [5.74, 6) is 0.709. The highest BCUT2D eigenvalue weighted by molar-refractivity contribution is 6.09. The highest BCUT2D eigenvalue weighted by atomic mass is 19.4. The molecular formula is C30H31F3N2O4. The zero-order chi connectivity index (χ0) is 28.0. The molecule has 0 aliphatic rings. The van der Waals surface area contributed by atoms with E-state index in [1.165, 1.54) is 6.07 Å². The number of ether oxygens (including phenoxy) is 3. The second-order valence-corrected chi connectivity index (χ2v) is 8.94. The third-order valence-corrected chi connectivity index (χ3v) is 6.32.